The van der Waals surface area contributed by atoms with Gasteiger partial charge in [-0.25, -0.2) is 0 Å². The van der Waals surface area contributed by atoms with Gasteiger partial charge in [0.05, 0.1) is 15.9 Å². The fourth-order valence-electron chi connectivity index (χ4n) is 1.27. The fraction of sp³-hybridized carbons (Fsp3) is 0.0909. The van der Waals surface area contributed by atoms with Crippen molar-refractivity contribution in [2.45, 2.75) is 4.21 Å². The van der Waals surface area contributed by atoms with Crippen LogP contribution < -0.4 is 0 Å². The zero-order valence-corrected chi connectivity index (χ0v) is 10.8. The lowest BCUT2D eigenvalue weighted by Gasteiger charge is -1.88. The number of nitrogens with zero attached hydrogens (tertiary/aromatic N) is 2. The van der Waals surface area contributed by atoms with Crippen molar-refractivity contribution in [3.05, 3.63) is 23.1 Å². The van der Waals surface area contributed by atoms with Gasteiger partial charge in [-0.05, 0) is 18.4 Å². The van der Waals surface area contributed by atoms with Crippen molar-refractivity contribution in [3.8, 4) is 12.1 Å². The summed E-state index contributed by atoms with van der Waals surface area (Å²) in [5, 5.41) is 17.5. The second kappa shape index (κ2) is 4.71. The van der Waals surface area contributed by atoms with Crippen molar-refractivity contribution in [2.75, 3.05) is 6.26 Å². The maximum atomic E-state index is 8.91. The average molecular weight is 262 g/mol. The Kier molecular flexibility index (Phi) is 3.31. The van der Waals surface area contributed by atoms with E-state index in [1.807, 2.05) is 24.5 Å². The Hall–Kier alpha value is -1.27. The van der Waals surface area contributed by atoms with Crippen LogP contribution >= 0.6 is 34.4 Å². The minimum absolute atomic E-state index is 0.446. The molecule has 0 N–H and O–H groups in total. The van der Waals surface area contributed by atoms with E-state index in [1.54, 1.807) is 34.4 Å². The highest BCUT2D eigenvalue weighted by molar-refractivity contribution is 8.00. The van der Waals surface area contributed by atoms with E-state index in [9.17, 15) is 0 Å². The van der Waals surface area contributed by atoms with Crippen molar-refractivity contribution >= 4 is 49.4 Å². The molecular weight excluding hydrogens is 256 g/mol. The third-order valence-corrected chi connectivity index (χ3v) is 5.37. The summed E-state index contributed by atoms with van der Waals surface area (Å²) in [5.41, 5.74) is 0.446. The predicted molar refractivity (Wildman–Crippen MR) is 70.7 cm³/mol. The van der Waals surface area contributed by atoms with Crippen LogP contribution in [0.1, 0.15) is 4.88 Å². The van der Waals surface area contributed by atoms with Gasteiger partial charge in [0.2, 0.25) is 0 Å². The fourth-order valence-corrected chi connectivity index (χ4v) is 4.28. The predicted octanol–water partition coefficient (Wildman–Crippen LogP) is 4.12. The first-order valence-corrected chi connectivity index (χ1v) is 7.22. The molecule has 0 radical (unpaired) electrons. The molecule has 2 aromatic rings. The van der Waals surface area contributed by atoms with Crippen LogP contribution in [-0.2, 0) is 0 Å². The van der Waals surface area contributed by atoms with E-state index >= 15 is 0 Å². The quantitative estimate of drug-likeness (QED) is 0.604. The lowest BCUT2D eigenvalue weighted by atomic mass is 10.2. The number of nitriles is 2. The van der Waals surface area contributed by atoms with Gasteiger partial charge in [-0.15, -0.1) is 34.4 Å². The first-order valence-electron chi connectivity index (χ1n) is 4.36. The van der Waals surface area contributed by atoms with E-state index in [-0.39, 0.29) is 0 Å². The molecule has 0 fully saturated rings. The van der Waals surface area contributed by atoms with Gasteiger partial charge in [0.15, 0.2) is 0 Å². The van der Waals surface area contributed by atoms with Crippen LogP contribution in [0, 0.1) is 22.7 Å². The Morgan fingerprint density at radius 2 is 2.06 bits per heavy atom. The highest BCUT2D eigenvalue weighted by Gasteiger charge is 2.09. The number of allylic oxidation sites excluding steroid dienone is 2. The van der Waals surface area contributed by atoms with Gasteiger partial charge in [0, 0.05) is 20.4 Å². The number of thioether (sulfide) groups is 1. The maximum Gasteiger partial charge on any atom is 0.101 e. The zero-order valence-electron chi connectivity index (χ0n) is 8.35. The van der Waals surface area contributed by atoms with Gasteiger partial charge in [0.25, 0.3) is 0 Å². The summed E-state index contributed by atoms with van der Waals surface area (Å²) in [4.78, 5) is 0.873. The highest BCUT2D eigenvalue weighted by Crippen LogP contribution is 2.38. The molecular formula is C11H6N2S3. The average Bonchev–Trinajstić information content (AvgIpc) is 2.82. The van der Waals surface area contributed by atoms with E-state index in [4.69, 9.17) is 10.5 Å². The van der Waals surface area contributed by atoms with E-state index in [1.165, 1.54) is 19.7 Å². The molecule has 0 amide bonds. The van der Waals surface area contributed by atoms with Gasteiger partial charge in [-0.1, -0.05) is 0 Å². The van der Waals surface area contributed by atoms with E-state index < -0.39 is 0 Å². The van der Waals surface area contributed by atoms with Crippen molar-refractivity contribution < 1.29 is 0 Å². The number of thiophene rings is 2. The summed E-state index contributed by atoms with van der Waals surface area (Å²) in [5.74, 6) is 0. The molecule has 2 heterocycles. The molecule has 5 heteroatoms. The Bertz CT molecular complexity index is 603. The van der Waals surface area contributed by atoms with E-state index in [0.717, 1.165) is 4.88 Å². The second-order valence-corrected chi connectivity index (χ2v) is 6.18. The first-order chi connectivity index (χ1) is 7.78. The molecule has 2 nitrogen and oxygen atoms in total. The van der Waals surface area contributed by atoms with Crippen LogP contribution in [0.2, 0.25) is 0 Å². The zero-order chi connectivity index (χ0) is 11.5. The summed E-state index contributed by atoms with van der Waals surface area (Å²) in [6.07, 6.45) is 3.34. The summed E-state index contributed by atoms with van der Waals surface area (Å²) >= 11 is 5.00. The molecule has 16 heavy (non-hydrogen) atoms. The lowest BCUT2D eigenvalue weighted by Crippen LogP contribution is -1.71. The number of hydrogen-bond donors (Lipinski definition) is 0. The monoisotopic (exact) mass is 262 g/mol. The molecule has 0 saturated carbocycles. The van der Waals surface area contributed by atoms with E-state index in [2.05, 4.69) is 6.07 Å². The molecule has 0 saturated heterocycles. The third-order valence-electron chi connectivity index (χ3n) is 1.98. The number of hydrogen-bond acceptors (Lipinski definition) is 5. The molecule has 2 rings (SSSR count). The highest BCUT2D eigenvalue weighted by atomic mass is 32.2. The third kappa shape index (κ3) is 1.98. The molecule has 2 aromatic heterocycles. The van der Waals surface area contributed by atoms with E-state index in [0.29, 0.717) is 5.57 Å². The molecule has 0 bridgehead atoms. The topological polar surface area (TPSA) is 47.6 Å². The number of fused-ring (bicyclic) bond motifs is 1. The molecule has 0 aromatic carbocycles. The molecule has 78 valence electrons. The molecule has 0 aliphatic rings. The van der Waals surface area contributed by atoms with Crippen LogP contribution in [0.25, 0.3) is 15.0 Å². The summed E-state index contributed by atoms with van der Waals surface area (Å²) in [7, 11) is 0. The van der Waals surface area contributed by atoms with Crippen molar-refractivity contribution in [3.63, 3.8) is 0 Å². The SMILES string of the molecule is CSc1cc2sc(/C(C#N)=C/C#N)cc2s1. The smallest absolute Gasteiger partial charge is 0.101 e. The Morgan fingerprint density at radius 1 is 1.31 bits per heavy atom. The van der Waals surface area contributed by atoms with Crippen molar-refractivity contribution in [1.82, 2.24) is 0 Å². The largest absolute Gasteiger partial charge is 0.193 e. The standard InChI is InChI=1S/C11H6N2S3/c1-14-11-5-10-9(16-11)4-8(15-10)7(6-13)2-3-12/h2,4-5H,1H3/b7-2+. The van der Waals surface area contributed by atoms with Crippen LogP contribution in [-0.4, -0.2) is 6.26 Å². The van der Waals surface area contributed by atoms with Crippen molar-refractivity contribution in [2.24, 2.45) is 0 Å². The van der Waals surface area contributed by atoms with Crippen LogP contribution in [0.3, 0.4) is 0 Å². The summed E-state index contributed by atoms with van der Waals surface area (Å²) in [6, 6.07) is 8.05. The Morgan fingerprint density at radius 3 is 2.62 bits per heavy atom. The minimum Gasteiger partial charge on any atom is -0.193 e. The first kappa shape index (κ1) is 11.2. The van der Waals surface area contributed by atoms with Crippen LogP contribution in [0.4, 0.5) is 0 Å². The lowest BCUT2D eigenvalue weighted by molar-refractivity contribution is 1.52. The maximum absolute atomic E-state index is 8.91. The minimum atomic E-state index is 0.446. The Labute approximate surface area is 105 Å². The van der Waals surface area contributed by atoms with Gasteiger partial charge < -0.3 is 0 Å². The van der Waals surface area contributed by atoms with Gasteiger partial charge in [0.1, 0.15) is 6.07 Å². The molecule has 0 aliphatic carbocycles. The second-order valence-electron chi connectivity index (χ2n) is 2.91. The molecule has 0 unspecified atom stereocenters. The van der Waals surface area contributed by atoms with Crippen LogP contribution in [0.5, 0.6) is 0 Å². The van der Waals surface area contributed by atoms with Gasteiger partial charge in [-0.3, -0.25) is 0 Å². The summed E-state index contributed by atoms with van der Waals surface area (Å²) in [6.45, 7) is 0. The normalized spacial score (nSPS) is 11.3. The summed E-state index contributed by atoms with van der Waals surface area (Å²) < 4.78 is 3.64. The molecule has 0 atom stereocenters. The van der Waals surface area contributed by atoms with Crippen LogP contribution in [0.15, 0.2) is 22.4 Å². The number of rotatable bonds is 2. The van der Waals surface area contributed by atoms with Gasteiger partial charge >= 0.3 is 0 Å². The Balaban J connectivity index is 2.49. The van der Waals surface area contributed by atoms with Gasteiger partial charge in [-0.2, -0.15) is 10.5 Å². The molecule has 0 spiro atoms. The van der Waals surface area contributed by atoms with Crippen molar-refractivity contribution in [1.29, 1.82) is 10.5 Å². The molecule has 0 aliphatic heterocycles.